The molecule has 0 saturated carbocycles. The fourth-order valence-electron chi connectivity index (χ4n) is 3.40. The number of hydrogen-bond donors (Lipinski definition) is 1. The summed E-state index contributed by atoms with van der Waals surface area (Å²) in [6.07, 6.45) is 0. The molecular weight excluding hydrogens is 526 g/mol. The van der Waals surface area contributed by atoms with E-state index in [0.29, 0.717) is 33.3 Å². The van der Waals surface area contributed by atoms with Gasteiger partial charge in [0.25, 0.3) is 5.56 Å². The molecule has 0 aliphatic carbocycles. The summed E-state index contributed by atoms with van der Waals surface area (Å²) in [7, 11) is 1.73. The Labute approximate surface area is 223 Å². The van der Waals surface area contributed by atoms with E-state index in [-0.39, 0.29) is 5.56 Å². The van der Waals surface area contributed by atoms with Crippen LogP contribution >= 0.6 is 23.2 Å². The SMILES string of the molecule is C=O.CC.Cc1cc(Cl)ccc1NCc1cc(Cl)cc2c(=O)n(C)c(-c3ccccc3)nc12.FC(F)F. The van der Waals surface area contributed by atoms with Crippen molar-refractivity contribution in [3.63, 3.8) is 0 Å². The molecule has 3 aromatic carbocycles. The first-order chi connectivity index (χ1) is 17.7. The fourth-order valence-corrected chi connectivity index (χ4v) is 3.87. The van der Waals surface area contributed by atoms with E-state index in [4.69, 9.17) is 33.0 Å². The number of anilines is 1. The molecule has 0 spiro atoms. The van der Waals surface area contributed by atoms with Crippen molar-refractivity contribution in [3.8, 4) is 11.4 Å². The summed E-state index contributed by atoms with van der Waals surface area (Å²) in [5.74, 6) is 0.620. The highest BCUT2D eigenvalue weighted by Crippen LogP contribution is 2.26. The zero-order valence-electron chi connectivity index (χ0n) is 20.9. The van der Waals surface area contributed by atoms with E-state index >= 15 is 0 Å². The summed E-state index contributed by atoms with van der Waals surface area (Å²) >= 11 is 12.4. The van der Waals surface area contributed by atoms with E-state index in [9.17, 15) is 18.0 Å². The van der Waals surface area contributed by atoms with Crippen molar-refractivity contribution >= 4 is 46.6 Å². The van der Waals surface area contributed by atoms with Crippen LogP contribution in [0.15, 0.2) is 65.5 Å². The molecule has 4 aromatic rings. The van der Waals surface area contributed by atoms with Gasteiger partial charge in [0.05, 0.1) is 10.9 Å². The zero-order chi connectivity index (χ0) is 28.1. The van der Waals surface area contributed by atoms with Crippen LogP contribution in [-0.2, 0) is 18.4 Å². The van der Waals surface area contributed by atoms with Gasteiger partial charge in [-0.15, -0.1) is 0 Å². The minimum Gasteiger partial charge on any atom is -0.381 e. The van der Waals surface area contributed by atoms with Crippen molar-refractivity contribution in [2.24, 2.45) is 7.05 Å². The maximum atomic E-state index is 13.0. The number of carbonyl (C=O) groups is 1. The molecular formula is C27H28Cl2F3N3O2. The van der Waals surface area contributed by atoms with Crippen LogP contribution in [0.1, 0.15) is 25.0 Å². The summed E-state index contributed by atoms with van der Waals surface area (Å²) in [5.41, 5.74) is 4.27. The number of rotatable bonds is 4. The molecule has 0 atom stereocenters. The number of benzene rings is 3. The van der Waals surface area contributed by atoms with Crippen LogP contribution in [0.4, 0.5) is 18.9 Å². The third kappa shape index (κ3) is 8.91. The average Bonchev–Trinajstić information content (AvgIpc) is 2.88. The second kappa shape index (κ2) is 15.7. The van der Waals surface area contributed by atoms with Gasteiger partial charge in [-0.05, 0) is 48.4 Å². The number of halogens is 5. The van der Waals surface area contributed by atoms with E-state index in [0.717, 1.165) is 22.4 Å². The highest BCUT2D eigenvalue weighted by Gasteiger charge is 2.14. The Hall–Kier alpha value is -3.36. The maximum absolute atomic E-state index is 13.0. The van der Waals surface area contributed by atoms with Gasteiger partial charge in [0.15, 0.2) is 0 Å². The predicted octanol–water partition coefficient (Wildman–Crippen LogP) is 7.85. The molecule has 37 heavy (non-hydrogen) atoms. The van der Waals surface area contributed by atoms with E-state index in [2.05, 4.69) is 5.32 Å². The molecule has 0 amide bonds. The molecule has 0 aliphatic heterocycles. The molecule has 0 unspecified atom stereocenters. The maximum Gasteiger partial charge on any atom is 0.379 e. The van der Waals surface area contributed by atoms with E-state index in [1.807, 2.05) is 82.2 Å². The van der Waals surface area contributed by atoms with Gasteiger partial charge in [-0.3, -0.25) is 9.36 Å². The summed E-state index contributed by atoms with van der Waals surface area (Å²) < 4.78 is 30.6. The van der Waals surface area contributed by atoms with Crippen molar-refractivity contribution < 1.29 is 18.0 Å². The second-order valence-electron chi connectivity index (χ2n) is 7.19. The molecule has 10 heteroatoms. The van der Waals surface area contributed by atoms with Gasteiger partial charge in [0.1, 0.15) is 12.6 Å². The number of nitrogens with zero attached hydrogens (tertiary/aromatic N) is 2. The van der Waals surface area contributed by atoms with Gasteiger partial charge >= 0.3 is 6.68 Å². The first-order valence-corrected chi connectivity index (χ1v) is 11.9. The molecule has 0 aliphatic rings. The largest absolute Gasteiger partial charge is 0.381 e. The minimum absolute atomic E-state index is 0.125. The molecule has 198 valence electrons. The highest BCUT2D eigenvalue weighted by atomic mass is 35.5. The van der Waals surface area contributed by atoms with Crippen LogP contribution in [0.25, 0.3) is 22.3 Å². The number of hydrogen-bond acceptors (Lipinski definition) is 4. The van der Waals surface area contributed by atoms with Gasteiger partial charge in [-0.25, -0.2) is 4.98 Å². The quantitative estimate of drug-likeness (QED) is 0.279. The zero-order valence-corrected chi connectivity index (χ0v) is 22.4. The third-order valence-corrected chi connectivity index (χ3v) is 5.37. The lowest BCUT2D eigenvalue weighted by molar-refractivity contribution is -0.0980. The predicted molar refractivity (Wildman–Crippen MR) is 147 cm³/mol. The lowest BCUT2D eigenvalue weighted by Crippen LogP contribution is -2.21. The summed E-state index contributed by atoms with van der Waals surface area (Å²) in [6, 6.07) is 18.9. The number of aryl methyl sites for hydroxylation is 1. The Bertz CT molecular complexity index is 1350. The Kier molecular flexibility index (Phi) is 13.4. The first-order valence-electron chi connectivity index (χ1n) is 11.1. The van der Waals surface area contributed by atoms with Crippen LogP contribution in [0.3, 0.4) is 0 Å². The standard InChI is InChI=1S/C23H19Cl2N3O.C2H6.CHF3.CH2O/c1-14-10-17(24)8-9-20(14)26-13-16-11-18(25)12-19-21(16)27-22(28(2)23(19)29)15-6-4-3-5-7-15;1-2;2-1(3)4;1-2/h3-12,26H,13H2,1-2H3;1-2H3;1H;1H2. The Morgan fingerprint density at radius 3 is 2.14 bits per heavy atom. The Balaban J connectivity index is 0.000000767. The van der Waals surface area contributed by atoms with Crippen LogP contribution in [0, 0.1) is 6.92 Å². The van der Waals surface area contributed by atoms with E-state index in [1.54, 1.807) is 17.7 Å². The van der Waals surface area contributed by atoms with Crippen LogP contribution in [-0.4, -0.2) is 23.0 Å². The number of alkyl halides is 3. The fraction of sp³-hybridized carbons (Fsp3) is 0.222. The molecule has 0 radical (unpaired) electrons. The Morgan fingerprint density at radius 2 is 1.57 bits per heavy atom. The molecule has 0 bridgehead atoms. The van der Waals surface area contributed by atoms with Gasteiger partial charge in [0.2, 0.25) is 0 Å². The van der Waals surface area contributed by atoms with Crippen molar-refractivity contribution in [3.05, 3.63) is 92.2 Å². The Morgan fingerprint density at radius 1 is 0.973 bits per heavy atom. The van der Waals surface area contributed by atoms with Gasteiger partial charge in [0, 0.05) is 34.9 Å². The third-order valence-electron chi connectivity index (χ3n) is 4.91. The summed E-state index contributed by atoms with van der Waals surface area (Å²) in [6.45, 7) is 4.81. The van der Waals surface area contributed by atoms with Crippen molar-refractivity contribution in [2.75, 3.05) is 5.32 Å². The smallest absolute Gasteiger partial charge is 0.379 e. The van der Waals surface area contributed by atoms with Crippen molar-refractivity contribution in [2.45, 2.75) is 34.0 Å². The van der Waals surface area contributed by atoms with Gasteiger partial charge < -0.3 is 10.1 Å². The van der Waals surface area contributed by atoms with E-state index < -0.39 is 6.68 Å². The summed E-state index contributed by atoms with van der Waals surface area (Å²) in [5, 5.41) is 5.11. The number of fused-ring (bicyclic) bond motifs is 1. The molecule has 1 aromatic heterocycles. The van der Waals surface area contributed by atoms with Crippen LogP contribution < -0.4 is 10.9 Å². The second-order valence-corrected chi connectivity index (χ2v) is 8.06. The molecule has 1 heterocycles. The number of nitrogens with one attached hydrogen (secondary N) is 1. The molecule has 0 saturated heterocycles. The lowest BCUT2D eigenvalue weighted by atomic mass is 10.1. The van der Waals surface area contributed by atoms with Crippen molar-refractivity contribution in [1.29, 1.82) is 0 Å². The molecule has 5 nitrogen and oxygen atoms in total. The molecule has 4 rings (SSSR count). The van der Waals surface area contributed by atoms with Crippen LogP contribution in [0.2, 0.25) is 10.0 Å². The lowest BCUT2D eigenvalue weighted by Gasteiger charge is -2.14. The van der Waals surface area contributed by atoms with E-state index in [1.165, 1.54) is 0 Å². The number of aromatic nitrogens is 2. The van der Waals surface area contributed by atoms with Crippen LogP contribution in [0.5, 0.6) is 0 Å². The molecule has 1 N–H and O–H groups in total. The number of carbonyl (C=O) groups excluding carboxylic acids is 1. The van der Waals surface area contributed by atoms with Gasteiger partial charge in [-0.2, -0.15) is 13.2 Å². The highest BCUT2D eigenvalue weighted by molar-refractivity contribution is 6.31. The first kappa shape index (κ1) is 31.7. The topological polar surface area (TPSA) is 64.0 Å². The average molecular weight is 554 g/mol. The normalized spacial score (nSPS) is 9.89. The summed E-state index contributed by atoms with van der Waals surface area (Å²) in [4.78, 5) is 25.9. The van der Waals surface area contributed by atoms with Crippen molar-refractivity contribution in [1.82, 2.24) is 9.55 Å². The van der Waals surface area contributed by atoms with Gasteiger partial charge in [-0.1, -0.05) is 67.4 Å². The minimum atomic E-state index is -3.67. The monoisotopic (exact) mass is 553 g/mol. The molecule has 0 fully saturated rings.